The molecule has 0 heterocycles. The second kappa shape index (κ2) is 4.57. The number of halogens is 2. The van der Waals surface area contributed by atoms with Crippen LogP contribution in [0.3, 0.4) is 0 Å². The summed E-state index contributed by atoms with van der Waals surface area (Å²) in [5, 5.41) is 7.16. The summed E-state index contributed by atoms with van der Waals surface area (Å²) < 4.78 is 12.6. The Morgan fingerprint density at radius 2 is 2.14 bits per heavy atom. The van der Waals surface area contributed by atoms with Crippen molar-refractivity contribution in [2.24, 2.45) is 21.7 Å². The minimum Gasteiger partial charge on any atom is -0.369 e. The van der Waals surface area contributed by atoms with Gasteiger partial charge in [-0.05, 0) is 18.2 Å². The topological polar surface area (TPSA) is 76.8 Å². The molecular formula is C8H8ClFN4. The molecule has 14 heavy (non-hydrogen) atoms. The van der Waals surface area contributed by atoms with Crippen molar-refractivity contribution in [1.82, 2.24) is 0 Å². The molecule has 1 aromatic rings. The lowest BCUT2D eigenvalue weighted by Gasteiger charge is -1.95. The van der Waals surface area contributed by atoms with E-state index in [0.717, 1.165) is 0 Å². The zero-order chi connectivity index (χ0) is 10.6. The molecule has 0 saturated carbocycles. The zero-order valence-corrected chi connectivity index (χ0v) is 7.87. The minimum absolute atomic E-state index is 0.153. The van der Waals surface area contributed by atoms with Gasteiger partial charge in [-0.15, -0.1) is 5.10 Å². The maximum atomic E-state index is 12.6. The number of nitrogens with zero attached hydrogens (tertiary/aromatic N) is 2. The molecule has 6 heteroatoms. The molecule has 0 atom stereocenters. The van der Waals surface area contributed by atoms with E-state index in [9.17, 15) is 4.39 Å². The first-order valence-electron chi connectivity index (χ1n) is 3.66. The van der Waals surface area contributed by atoms with E-state index >= 15 is 0 Å². The van der Waals surface area contributed by atoms with Crippen molar-refractivity contribution in [3.05, 3.63) is 34.6 Å². The Balaban J connectivity index is 2.87. The largest absolute Gasteiger partial charge is 0.369 e. The molecule has 0 spiro atoms. The van der Waals surface area contributed by atoms with Gasteiger partial charge in [0.15, 0.2) is 0 Å². The summed E-state index contributed by atoms with van der Waals surface area (Å²) in [5.74, 6) is -0.562. The van der Waals surface area contributed by atoms with Crippen molar-refractivity contribution in [3.8, 4) is 0 Å². The highest BCUT2D eigenvalue weighted by Crippen LogP contribution is 2.15. The van der Waals surface area contributed by atoms with E-state index in [-0.39, 0.29) is 11.0 Å². The van der Waals surface area contributed by atoms with Crippen LogP contribution in [0.25, 0.3) is 0 Å². The highest BCUT2D eigenvalue weighted by atomic mass is 35.5. The van der Waals surface area contributed by atoms with Gasteiger partial charge in [-0.25, -0.2) is 4.39 Å². The molecule has 0 aliphatic rings. The van der Waals surface area contributed by atoms with Crippen LogP contribution in [0.15, 0.2) is 28.4 Å². The van der Waals surface area contributed by atoms with Crippen molar-refractivity contribution in [1.29, 1.82) is 0 Å². The van der Waals surface area contributed by atoms with Crippen molar-refractivity contribution in [3.63, 3.8) is 0 Å². The summed E-state index contributed by atoms with van der Waals surface area (Å²) in [5.41, 5.74) is 10.6. The van der Waals surface area contributed by atoms with E-state index < -0.39 is 5.82 Å². The summed E-state index contributed by atoms with van der Waals surface area (Å²) in [4.78, 5) is 0. The standard InChI is InChI=1S/C8H8ClFN4/c9-7-3-6(10)2-1-5(7)4-13-14-8(11)12/h1-4H,(H4,11,12,14). The molecule has 0 unspecified atom stereocenters. The first-order valence-corrected chi connectivity index (χ1v) is 4.04. The van der Waals surface area contributed by atoms with Gasteiger partial charge in [-0.2, -0.15) is 5.10 Å². The van der Waals surface area contributed by atoms with E-state index in [1.165, 1.54) is 24.4 Å². The Bertz CT molecular complexity index is 385. The molecule has 4 nitrogen and oxygen atoms in total. The van der Waals surface area contributed by atoms with Crippen molar-refractivity contribution in [2.45, 2.75) is 0 Å². The number of benzene rings is 1. The Labute approximate surface area is 85.1 Å². The van der Waals surface area contributed by atoms with Crippen molar-refractivity contribution >= 4 is 23.8 Å². The van der Waals surface area contributed by atoms with Gasteiger partial charge < -0.3 is 11.5 Å². The normalized spacial score (nSPS) is 10.4. The molecule has 0 amide bonds. The first-order chi connectivity index (χ1) is 6.59. The Morgan fingerprint density at radius 1 is 1.43 bits per heavy atom. The fraction of sp³-hybridized carbons (Fsp3) is 0. The minimum atomic E-state index is -0.408. The Hall–Kier alpha value is -1.62. The van der Waals surface area contributed by atoms with Crippen molar-refractivity contribution in [2.75, 3.05) is 0 Å². The van der Waals surface area contributed by atoms with Crippen LogP contribution >= 0.6 is 11.6 Å². The SMILES string of the molecule is NC(N)=NN=Cc1ccc(F)cc1Cl. The number of rotatable bonds is 2. The van der Waals surface area contributed by atoms with Crippen LogP contribution in [-0.2, 0) is 0 Å². The lowest BCUT2D eigenvalue weighted by atomic mass is 10.2. The van der Waals surface area contributed by atoms with Gasteiger partial charge in [0, 0.05) is 5.56 Å². The van der Waals surface area contributed by atoms with Gasteiger partial charge in [0.05, 0.1) is 11.2 Å². The second-order valence-corrected chi connectivity index (χ2v) is 2.84. The molecule has 1 aromatic carbocycles. The summed E-state index contributed by atoms with van der Waals surface area (Å²) >= 11 is 5.70. The molecule has 0 fully saturated rings. The Morgan fingerprint density at radius 3 is 2.71 bits per heavy atom. The van der Waals surface area contributed by atoms with Crippen LogP contribution in [0.5, 0.6) is 0 Å². The van der Waals surface area contributed by atoms with Gasteiger partial charge in [0.2, 0.25) is 5.96 Å². The third-order valence-corrected chi connectivity index (χ3v) is 1.66. The van der Waals surface area contributed by atoms with Crippen LogP contribution in [0, 0.1) is 5.82 Å². The molecule has 0 radical (unpaired) electrons. The number of hydrogen-bond acceptors (Lipinski definition) is 2. The van der Waals surface area contributed by atoms with E-state index in [0.29, 0.717) is 5.56 Å². The van der Waals surface area contributed by atoms with Crippen molar-refractivity contribution < 1.29 is 4.39 Å². The van der Waals surface area contributed by atoms with Gasteiger partial charge in [-0.1, -0.05) is 11.6 Å². The predicted molar refractivity (Wildman–Crippen MR) is 54.8 cm³/mol. The molecule has 0 bridgehead atoms. The van der Waals surface area contributed by atoms with E-state index in [1.54, 1.807) is 0 Å². The third kappa shape index (κ3) is 3.02. The maximum absolute atomic E-state index is 12.6. The molecular weight excluding hydrogens is 207 g/mol. The third-order valence-electron chi connectivity index (χ3n) is 1.33. The number of nitrogens with two attached hydrogens (primary N) is 2. The summed E-state index contributed by atoms with van der Waals surface area (Å²) in [6, 6.07) is 3.92. The van der Waals surface area contributed by atoms with Crippen LogP contribution in [0.4, 0.5) is 4.39 Å². The van der Waals surface area contributed by atoms with Gasteiger partial charge in [0.25, 0.3) is 0 Å². The lowest BCUT2D eigenvalue weighted by Crippen LogP contribution is -2.21. The number of guanidine groups is 1. The van der Waals surface area contributed by atoms with Gasteiger partial charge in [-0.3, -0.25) is 0 Å². The smallest absolute Gasteiger partial charge is 0.211 e. The van der Waals surface area contributed by atoms with Crippen LogP contribution in [-0.4, -0.2) is 12.2 Å². The fourth-order valence-electron chi connectivity index (χ4n) is 0.764. The van der Waals surface area contributed by atoms with Crippen LogP contribution in [0.1, 0.15) is 5.56 Å². The highest BCUT2D eigenvalue weighted by Gasteiger charge is 1.98. The van der Waals surface area contributed by atoms with E-state index in [4.69, 9.17) is 23.1 Å². The van der Waals surface area contributed by atoms with Gasteiger partial charge >= 0.3 is 0 Å². The summed E-state index contributed by atoms with van der Waals surface area (Å²) in [6.45, 7) is 0. The van der Waals surface area contributed by atoms with Gasteiger partial charge in [0.1, 0.15) is 5.82 Å². The zero-order valence-electron chi connectivity index (χ0n) is 7.11. The van der Waals surface area contributed by atoms with Crippen LogP contribution < -0.4 is 11.5 Å². The monoisotopic (exact) mass is 214 g/mol. The average Bonchev–Trinajstić information content (AvgIpc) is 2.08. The molecule has 0 aromatic heterocycles. The van der Waals surface area contributed by atoms with Crippen LogP contribution in [0.2, 0.25) is 5.02 Å². The maximum Gasteiger partial charge on any atom is 0.211 e. The molecule has 4 N–H and O–H groups in total. The fourth-order valence-corrected chi connectivity index (χ4v) is 0.980. The second-order valence-electron chi connectivity index (χ2n) is 2.44. The highest BCUT2D eigenvalue weighted by molar-refractivity contribution is 6.33. The average molecular weight is 215 g/mol. The summed E-state index contributed by atoms with van der Waals surface area (Å²) in [6.07, 6.45) is 1.33. The molecule has 1 rings (SSSR count). The predicted octanol–water partition coefficient (Wildman–Crippen LogP) is 1.09. The summed E-state index contributed by atoms with van der Waals surface area (Å²) in [7, 11) is 0. The quantitative estimate of drug-likeness (QED) is 0.439. The van der Waals surface area contributed by atoms with E-state index in [1.807, 2.05) is 0 Å². The first kappa shape index (κ1) is 10.5. The Kier molecular flexibility index (Phi) is 3.41. The lowest BCUT2D eigenvalue weighted by molar-refractivity contribution is 0.628. The number of hydrogen-bond donors (Lipinski definition) is 2. The molecule has 0 aliphatic carbocycles. The molecule has 74 valence electrons. The molecule has 0 saturated heterocycles. The van der Waals surface area contributed by atoms with E-state index in [2.05, 4.69) is 10.2 Å². The molecule has 0 aliphatic heterocycles.